The molecule has 0 N–H and O–H groups in total. The molecule has 22 heavy (non-hydrogen) atoms. The highest BCUT2D eigenvalue weighted by Crippen LogP contribution is 2.21. The van der Waals surface area contributed by atoms with Crippen LogP contribution in [0.5, 0.6) is 0 Å². The predicted octanol–water partition coefficient (Wildman–Crippen LogP) is 2.93. The van der Waals surface area contributed by atoms with Crippen LogP contribution < -0.4 is 5.56 Å². The lowest BCUT2D eigenvalue weighted by molar-refractivity contribution is 0.759. The molecule has 1 heterocycles. The summed E-state index contributed by atoms with van der Waals surface area (Å²) in [5, 5.41) is 13.7. The molecule has 4 nitrogen and oxygen atoms in total. The number of benzene rings is 1. The van der Waals surface area contributed by atoms with Gasteiger partial charge in [-0.1, -0.05) is 24.3 Å². The van der Waals surface area contributed by atoms with Gasteiger partial charge in [-0.25, -0.2) is 4.68 Å². The maximum atomic E-state index is 12.5. The molecule has 2 aromatic rings. The van der Waals surface area contributed by atoms with Crippen molar-refractivity contribution in [3.63, 3.8) is 0 Å². The molecule has 0 radical (unpaired) electrons. The van der Waals surface area contributed by atoms with Gasteiger partial charge in [0.25, 0.3) is 5.56 Å². The van der Waals surface area contributed by atoms with Crippen molar-refractivity contribution in [2.75, 3.05) is 0 Å². The van der Waals surface area contributed by atoms with Gasteiger partial charge in [-0.05, 0) is 50.3 Å². The summed E-state index contributed by atoms with van der Waals surface area (Å²) < 4.78 is 1.36. The summed E-state index contributed by atoms with van der Waals surface area (Å²) in [6.07, 6.45) is 2.92. The van der Waals surface area contributed by atoms with Crippen molar-refractivity contribution in [3.05, 3.63) is 68.6 Å². The van der Waals surface area contributed by atoms with Gasteiger partial charge in [0.1, 0.15) is 11.6 Å². The Bertz CT molecular complexity index is 869. The molecule has 0 fully saturated rings. The Hall–Kier alpha value is -2.67. The first-order chi connectivity index (χ1) is 10.6. The number of hydrogen-bond acceptors (Lipinski definition) is 3. The fraction of sp³-hybridized carbons (Fsp3) is 0.278. The van der Waals surface area contributed by atoms with E-state index in [0.29, 0.717) is 5.56 Å². The zero-order chi connectivity index (χ0) is 15.7. The van der Waals surface area contributed by atoms with Gasteiger partial charge in [0, 0.05) is 11.3 Å². The second-order valence-electron chi connectivity index (χ2n) is 5.63. The summed E-state index contributed by atoms with van der Waals surface area (Å²) in [5.74, 6) is 0. The number of hydrogen-bond donors (Lipinski definition) is 0. The predicted molar refractivity (Wildman–Crippen MR) is 86.2 cm³/mol. The Labute approximate surface area is 129 Å². The van der Waals surface area contributed by atoms with E-state index in [4.69, 9.17) is 5.26 Å². The highest BCUT2D eigenvalue weighted by atomic mass is 16.1. The number of pyridine rings is 1. The van der Waals surface area contributed by atoms with E-state index >= 15 is 0 Å². The van der Waals surface area contributed by atoms with Crippen LogP contribution in [0.1, 0.15) is 40.8 Å². The number of aromatic nitrogens is 1. The molecule has 0 saturated heterocycles. The van der Waals surface area contributed by atoms with Crippen LogP contribution in [-0.4, -0.2) is 10.4 Å². The number of rotatable bonds is 1. The minimum absolute atomic E-state index is 0.166. The van der Waals surface area contributed by atoms with Crippen LogP contribution in [0.2, 0.25) is 0 Å². The van der Waals surface area contributed by atoms with Crippen molar-refractivity contribution in [2.24, 2.45) is 5.10 Å². The summed E-state index contributed by atoms with van der Waals surface area (Å²) >= 11 is 0. The van der Waals surface area contributed by atoms with Crippen LogP contribution in [0.3, 0.4) is 0 Å². The highest BCUT2D eigenvalue weighted by molar-refractivity contribution is 6.02. The number of nitrogens with zero attached hydrogens (tertiary/aromatic N) is 3. The van der Waals surface area contributed by atoms with Gasteiger partial charge < -0.3 is 0 Å². The first-order valence-electron chi connectivity index (χ1n) is 7.41. The number of fused-ring (bicyclic) bond motifs is 1. The molecule has 0 unspecified atom stereocenters. The van der Waals surface area contributed by atoms with Gasteiger partial charge >= 0.3 is 0 Å². The van der Waals surface area contributed by atoms with Crippen molar-refractivity contribution in [1.29, 1.82) is 5.26 Å². The van der Waals surface area contributed by atoms with Gasteiger partial charge in [0.2, 0.25) is 0 Å². The van der Waals surface area contributed by atoms with Crippen LogP contribution in [0.15, 0.2) is 40.2 Å². The lowest BCUT2D eigenvalue weighted by atomic mass is 9.90. The lowest BCUT2D eigenvalue weighted by Crippen LogP contribution is -2.25. The third-order valence-electron chi connectivity index (χ3n) is 4.08. The van der Waals surface area contributed by atoms with E-state index in [-0.39, 0.29) is 11.1 Å². The van der Waals surface area contributed by atoms with E-state index in [9.17, 15) is 4.79 Å². The fourth-order valence-electron chi connectivity index (χ4n) is 2.97. The van der Waals surface area contributed by atoms with E-state index in [1.54, 1.807) is 6.92 Å². The molecular formula is C18H17N3O. The van der Waals surface area contributed by atoms with E-state index in [1.807, 2.05) is 37.3 Å². The molecule has 3 rings (SSSR count). The molecule has 0 spiro atoms. The molecule has 0 aliphatic heterocycles. The van der Waals surface area contributed by atoms with Crippen molar-refractivity contribution >= 4 is 5.71 Å². The van der Waals surface area contributed by atoms with Crippen molar-refractivity contribution in [3.8, 4) is 6.07 Å². The topological polar surface area (TPSA) is 58.1 Å². The Morgan fingerprint density at radius 2 is 2.00 bits per heavy atom. The molecule has 1 aromatic carbocycles. The Morgan fingerprint density at radius 1 is 1.23 bits per heavy atom. The molecule has 0 atom stereocenters. The average Bonchev–Trinajstić information content (AvgIpc) is 2.52. The molecule has 1 aliphatic carbocycles. The smallest absolute Gasteiger partial charge is 0.266 e. The quantitative estimate of drug-likeness (QED) is 0.811. The van der Waals surface area contributed by atoms with Gasteiger partial charge in [-0.2, -0.15) is 10.4 Å². The zero-order valence-corrected chi connectivity index (χ0v) is 12.8. The van der Waals surface area contributed by atoms with Gasteiger partial charge in [-0.3, -0.25) is 4.79 Å². The van der Waals surface area contributed by atoms with Crippen LogP contribution in [0.4, 0.5) is 0 Å². The summed E-state index contributed by atoms with van der Waals surface area (Å²) in [6, 6.07) is 12.0. The average molecular weight is 291 g/mol. The first kappa shape index (κ1) is 14.3. The maximum Gasteiger partial charge on any atom is 0.289 e. The summed E-state index contributed by atoms with van der Waals surface area (Å²) in [5.41, 5.74) is 4.57. The second kappa shape index (κ2) is 5.61. The van der Waals surface area contributed by atoms with E-state index in [2.05, 4.69) is 11.2 Å². The molecule has 4 heteroatoms. The zero-order valence-electron chi connectivity index (χ0n) is 12.8. The van der Waals surface area contributed by atoms with E-state index in [0.717, 1.165) is 36.2 Å². The van der Waals surface area contributed by atoms with E-state index in [1.165, 1.54) is 10.2 Å². The number of aryl methyl sites for hydroxylation is 3. The molecule has 0 amide bonds. The summed E-state index contributed by atoms with van der Waals surface area (Å²) in [4.78, 5) is 12.5. The third-order valence-corrected chi connectivity index (χ3v) is 4.08. The van der Waals surface area contributed by atoms with Crippen molar-refractivity contribution < 1.29 is 0 Å². The fourth-order valence-corrected chi connectivity index (χ4v) is 2.97. The van der Waals surface area contributed by atoms with E-state index < -0.39 is 0 Å². The highest BCUT2D eigenvalue weighted by Gasteiger charge is 2.16. The third kappa shape index (κ3) is 2.35. The molecule has 1 aromatic heterocycles. The van der Waals surface area contributed by atoms with Crippen LogP contribution in [0, 0.1) is 25.2 Å². The molecule has 0 bridgehead atoms. The second-order valence-corrected chi connectivity index (χ2v) is 5.63. The van der Waals surface area contributed by atoms with Crippen LogP contribution in [0.25, 0.3) is 0 Å². The Kier molecular flexibility index (Phi) is 3.64. The van der Waals surface area contributed by atoms with Gasteiger partial charge in [-0.15, -0.1) is 0 Å². The van der Waals surface area contributed by atoms with Crippen LogP contribution >= 0.6 is 0 Å². The lowest BCUT2D eigenvalue weighted by Gasteiger charge is -2.18. The summed E-state index contributed by atoms with van der Waals surface area (Å²) in [6.45, 7) is 3.62. The minimum Gasteiger partial charge on any atom is -0.266 e. The maximum absolute atomic E-state index is 12.5. The Balaban J connectivity index is 2.20. The monoisotopic (exact) mass is 291 g/mol. The van der Waals surface area contributed by atoms with Crippen molar-refractivity contribution in [1.82, 2.24) is 4.68 Å². The summed E-state index contributed by atoms with van der Waals surface area (Å²) in [7, 11) is 0. The SMILES string of the molecule is Cc1cc(C)n(/N=C2/CCCc3ccccc32)c(=O)c1C#N. The minimum atomic E-state index is -0.337. The first-order valence-corrected chi connectivity index (χ1v) is 7.41. The molecule has 1 aliphatic rings. The largest absolute Gasteiger partial charge is 0.289 e. The van der Waals surface area contributed by atoms with Crippen LogP contribution in [-0.2, 0) is 6.42 Å². The molecule has 0 saturated carbocycles. The molecule has 110 valence electrons. The Morgan fingerprint density at radius 3 is 2.77 bits per heavy atom. The normalized spacial score (nSPS) is 15.4. The standard InChI is InChI=1S/C18H17N3O/c1-12-10-13(2)21(18(22)16(12)11-19)20-17-9-5-7-14-6-3-4-8-15(14)17/h3-4,6,8,10H,5,7,9H2,1-2H3/b20-17-. The van der Waals surface area contributed by atoms with Gasteiger partial charge in [0.05, 0.1) is 5.71 Å². The number of nitriles is 1. The molecular weight excluding hydrogens is 274 g/mol. The van der Waals surface area contributed by atoms with Crippen molar-refractivity contribution in [2.45, 2.75) is 33.1 Å². The van der Waals surface area contributed by atoms with Gasteiger partial charge in [0.15, 0.2) is 0 Å².